The Labute approximate surface area is 195 Å². The van der Waals surface area contributed by atoms with Gasteiger partial charge in [-0.05, 0) is 70.1 Å². The molecule has 0 aliphatic heterocycles. The number of anilines is 2. The van der Waals surface area contributed by atoms with Crippen molar-refractivity contribution in [2.24, 2.45) is 0 Å². The van der Waals surface area contributed by atoms with Gasteiger partial charge in [0, 0.05) is 30.7 Å². The molecule has 0 aromatic carbocycles. The first-order valence-electron chi connectivity index (χ1n) is 11.2. The Morgan fingerprint density at radius 1 is 1.12 bits per heavy atom. The lowest BCUT2D eigenvalue weighted by molar-refractivity contribution is 0.0975. The van der Waals surface area contributed by atoms with Gasteiger partial charge in [0.05, 0.1) is 0 Å². The Morgan fingerprint density at radius 3 is 2.45 bits per heavy atom. The van der Waals surface area contributed by atoms with Gasteiger partial charge in [-0.1, -0.05) is 6.92 Å². The van der Waals surface area contributed by atoms with Crippen LogP contribution in [-0.4, -0.2) is 47.7 Å². The maximum atomic E-state index is 12.2. The fourth-order valence-electron chi connectivity index (χ4n) is 3.56. The zero-order chi connectivity index (χ0) is 24.0. The van der Waals surface area contributed by atoms with Gasteiger partial charge in [-0.3, -0.25) is 0 Å². The summed E-state index contributed by atoms with van der Waals surface area (Å²) in [5.41, 5.74) is 0.989. The number of nitrogens with zero attached hydrogens (tertiary/aromatic N) is 3. The summed E-state index contributed by atoms with van der Waals surface area (Å²) in [7, 11) is -3.59. The molecule has 33 heavy (non-hydrogen) atoms. The molecule has 0 unspecified atom stereocenters. The van der Waals surface area contributed by atoms with Crippen molar-refractivity contribution >= 4 is 27.9 Å². The first-order chi connectivity index (χ1) is 15.7. The minimum atomic E-state index is -3.59. The van der Waals surface area contributed by atoms with Gasteiger partial charge >= 0.3 is 6.09 Å². The topological polar surface area (TPSA) is 135 Å². The number of hydrogen-bond donors (Lipinski definition) is 3. The van der Waals surface area contributed by atoms with Crippen LogP contribution in [0, 0.1) is 0 Å². The lowest BCUT2D eigenvalue weighted by Gasteiger charge is -2.16. The van der Waals surface area contributed by atoms with Gasteiger partial charge in [0.2, 0.25) is 16.0 Å². The molecule has 1 fully saturated rings. The summed E-state index contributed by atoms with van der Waals surface area (Å²) in [6.45, 7) is 7.47. The van der Waals surface area contributed by atoms with Crippen molar-refractivity contribution < 1.29 is 17.9 Å². The van der Waals surface area contributed by atoms with E-state index in [0.29, 0.717) is 11.8 Å². The highest BCUT2D eigenvalue weighted by Gasteiger charge is 2.29. The highest BCUT2D eigenvalue weighted by molar-refractivity contribution is 7.89. The van der Waals surface area contributed by atoms with Crippen LogP contribution in [0.25, 0.3) is 0 Å². The van der Waals surface area contributed by atoms with Crippen LogP contribution in [0.2, 0.25) is 0 Å². The molecule has 0 bridgehead atoms. The van der Waals surface area contributed by atoms with E-state index in [4.69, 9.17) is 4.74 Å². The molecule has 10 nitrogen and oxygen atoms in total. The van der Waals surface area contributed by atoms with Gasteiger partial charge in [-0.2, -0.15) is 0 Å². The number of carbonyl (C=O) groups is 1. The summed E-state index contributed by atoms with van der Waals surface area (Å²) >= 11 is 0. The number of carbonyl (C=O) groups excluding carboxylic acids is 1. The molecule has 3 N–H and O–H groups in total. The zero-order valence-corrected chi connectivity index (χ0v) is 20.2. The van der Waals surface area contributed by atoms with Gasteiger partial charge in [-0.15, -0.1) is 0 Å². The molecule has 2 heterocycles. The summed E-state index contributed by atoms with van der Waals surface area (Å²) in [5.74, 6) is 1.03. The maximum Gasteiger partial charge on any atom is 0.407 e. The van der Waals surface area contributed by atoms with Gasteiger partial charge in [0.15, 0.2) is 0 Å². The molecular formula is C22H32N6O4S. The van der Waals surface area contributed by atoms with Crippen molar-refractivity contribution in [1.29, 1.82) is 0 Å². The fraction of sp³-hybridized carbons (Fsp3) is 0.545. The highest BCUT2D eigenvalue weighted by atomic mass is 32.2. The van der Waals surface area contributed by atoms with Crippen molar-refractivity contribution in [3.8, 4) is 0 Å². The Bertz CT molecular complexity index is 1030. The molecular weight excluding hydrogens is 444 g/mol. The monoisotopic (exact) mass is 476 g/mol. The number of amides is 1. The predicted molar refractivity (Wildman–Crippen MR) is 125 cm³/mol. The fourth-order valence-corrected chi connectivity index (χ4v) is 4.75. The van der Waals surface area contributed by atoms with Crippen LogP contribution in [0.5, 0.6) is 0 Å². The van der Waals surface area contributed by atoms with Crippen molar-refractivity contribution in [2.45, 2.75) is 82.4 Å². The second-order valence-electron chi connectivity index (χ2n) is 8.61. The van der Waals surface area contributed by atoms with Crippen LogP contribution in [0.1, 0.15) is 64.9 Å². The van der Waals surface area contributed by atoms with Crippen LogP contribution >= 0.6 is 0 Å². The first kappa shape index (κ1) is 24.8. The Morgan fingerprint density at radius 2 is 1.85 bits per heavy atom. The third-order valence-electron chi connectivity index (χ3n) is 5.46. The molecule has 1 aliphatic rings. The SMILES string of the molecule is CC[C@H](C)NC(=O)O[C@@H]1CC[C@H](c2cnc(Nc3ccc(S(=O)(=O)NC(C)C)cn3)nc2)C1. The predicted octanol–water partition coefficient (Wildman–Crippen LogP) is 3.46. The Balaban J connectivity index is 1.54. The molecule has 0 radical (unpaired) electrons. The molecule has 1 amide bonds. The van der Waals surface area contributed by atoms with Gasteiger partial charge in [0.1, 0.15) is 16.8 Å². The Hall–Kier alpha value is -2.79. The standard InChI is InChI=1S/C22H32N6O4S/c1-5-15(4)26-22(29)32-18-7-6-16(10-18)17-11-24-21(25-12-17)27-20-9-8-19(13-23-20)33(30,31)28-14(2)3/h8-9,11-16,18,28H,5-7,10H2,1-4H3,(H,26,29)(H,23,24,25,27)/t15-,16-,18+/m0/s1. The molecule has 3 rings (SSSR count). The lowest BCUT2D eigenvalue weighted by atomic mass is 10.0. The number of aromatic nitrogens is 3. The lowest BCUT2D eigenvalue weighted by Crippen LogP contribution is -2.34. The summed E-state index contributed by atoms with van der Waals surface area (Å²) in [5, 5.41) is 5.80. The largest absolute Gasteiger partial charge is 0.446 e. The zero-order valence-electron chi connectivity index (χ0n) is 19.4. The minimum absolute atomic E-state index is 0.0915. The molecule has 11 heteroatoms. The van der Waals surface area contributed by atoms with Crippen molar-refractivity contribution in [2.75, 3.05) is 5.32 Å². The Kier molecular flexibility index (Phi) is 8.20. The molecule has 0 saturated heterocycles. The van der Waals surface area contributed by atoms with Gasteiger partial charge < -0.3 is 15.4 Å². The second kappa shape index (κ2) is 10.9. The molecule has 3 atom stereocenters. The van der Waals surface area contributed by atoms with Crippen LogP contribution in [0.3, 0.4) is 0 Å². The molecule has 2 aromatic heterocycles. The third kappa shape index (κ3) is 7.10. The van der Waals surface area contributed by atoms with E-state index in [-0.39, 0.29) is 35.1 Å². The van der Waals surface area contributed by atoms with E-state index in [1.807, 2.05) is 13.8 Å². The molecule has 1 saturated carbocycles. The number of alkyl carbamates (subject to hydrolysis) is 1. The van der Waals surface area contributed by atoms with E-state index in [0.717, 1.165) is 31.2 Å². The highest BCUT2D eigenvalue weighted by Crippen LogP contribution is 2.35. The van der Waals surface area contributed by atoms with E-state index in [2.05, 4.69) is 30.3 Å². The van der Waals surface area contributed by atoms with E-state index in [1.165, 1.54) is 12.3 Å². The van der Waals surface area contributed by atoms with E-state index in [9.17, 15) is 13.2 Å². The van der Waals surface area contributed by atoms with Gasteiger partial charge in [0.25, 0.3) is 0 Å². The van der Waals surface area contributed by atoms with E-state index in [1.54, 1.807) is 32.3 Å². The number of hydrogen-bond acceptors (Lipinski definition) is 8. The average Bonchev–Trinajstić information content (AvgIpc) is 3.22. The molecule has 180 valence electrons. The van der Waals surface area contributed by atoms with E-state index < -0.39 is 10.0 Å². The maximum absolute atomic E-state index is 12.2. The van der Waals surface area contributed by atoms with Crippen molar-refractivity contribution in [3.63, 3.8) is 0 Å². The van der Waals surface area contributed by atoms with Crippen molar-refractivity contribution in [3.05, 3.63) is 36.3 Å². The third-order valence-corrected chi connectivity index (χ3v) is 7.10. The average molecular weight is 477 g/mol. The summed E-state index contributed by atoms with van der Waals surface area (Å²) in [6.07, 6.45) is 7.64. The summed E-state index contributed by atoms with van der Waals surface area (Å²) in [6, 6.07) is 2.93. The van der Waals surface area contributed by atoms with Crippen LogP contribution < -0.4 is 15.4 Å². The molecule has 2 aromatic rings. The van der Waals surface area contributed by atoms with Gasteiger partial charge in [-0.25, -0.2) is 32.9 Å². The molecule has 0 spiro atoms. The minimum Gasteiger partial charge on any atom is -0.446 e. The number of pyridine rings is 1. The number of sulfonamides is 1. The van der Waals surface area contributed by atoms with Crippen molar-refractivity contribution in [1.82, 2.24) is 25.0 Å². The second-order valence-corrected chi connectivity index (χ2v) is 10.3. The van der Waals surface area contributed by atoms with Crippen LogP contribution in [0.4, 0.5) is 16.6 Å². The summed E-state index contributed by atoms with van der Waals surface area (Å²) in [4.78, 5) is 24.9. The number of ether oxygens (including phenoxy) is 1. The smallest absolute Gasteiger partial charge is 0.407 e. The van der Waals surface area contributed by atoms with Crippen LogP contribution in [0.15, 0.2) is 35.6 Å². The molecule has 1 aliphatic carbocycles. The quantitative estimate of drug-likeness (QED) is 0.501. The number of rotatable bonds is 9. The van der Waals surface area contributed by atoms with Crippen LogP contribution in [-0.2, 0) is 14.8 Å². The van der Waals surface area contributed by atoms with E-state index >= 15 is 0 Å². The first-order valence-corrected chi connectivity index (χ1v) is 12.7. The summed E-state index contributed by atoms with van der Waals surface area (Å²) < 4.78 is 32.4. The number of nitrogens with one attached hydrogen (secondary N) is 3. The normalized spacial score (nSPS) is 19.3.